The van der Waals surface area contributed by atoms with E-state index in [2.05, 4.69) is 21.8 Å². The summed E-state index contributed by atoms with van der Waals surface area (Å²) in [6.07, 6.45) is 5.93. The Morgan fingerprint density at radius 1 is 1.56 bits per heavy atom. The van der Waals surface area contributed by atoms with E-state index in [9.17, 15) is 4.79 Å². The summed E-state index contributed by atoms with van der Waals surface area (Å²) in [6.45, 7) is 3.57. The molecule has 0 bridgehead atoms. The zero-order chi connectivity index (χ0) is 11.8. The van der Waals surface area contributed by atoms with Gasteiger partial charge in [0.05, 0.1) is 7.11 Å². The fourth-order valence-corrected chi connectivity index (χ4v) is 2.96. The fraction of sp³-hybridized carbons (Fsp3) is 0.750. The molecule has 1 aliphatic rings. The number of thioether (sulfide) groups is 1. The number of hydrogen-bond acceptors (Lipinski definition) is 4. The molecule has 0 aromatic heterocycles. The average Bonchev–Trinajstić information content (AvgIpc) is 2.34. The normalized spacial score (nSPS) is 21.9. The highest BCUT2D eigenvalue weighted by Gasteiger charge is 2.12. The summed E-state index contributed by atoms with van der Waals surface area (Å²) in [7, 11) is 1.41. The summed E-state index contributed by atoms with van der Waals surface area (Å²) < 4.78 is 4.62. The van der Waals surface area contributed by atoms with E-state index < -0.39 is 0 Å². The van der Waals surface area contributed by atoms with Crippen molar-refractivity contribution >= 4 is 17.7 Å². The molecule has 1 rings (SSSR count). The van der Waals surface area contributed by atoms with Crippen molar-refractivity contribution in [1.29, 1.82) is 0 Å². The minimum Gasteiger partial charge on any atom is -0.466 e. The van der Waals surface area contributed by atoms with Crippen molar-refractivity contribution in [1.82, 2.24) is 5.32 Å². The number of carbonyl (C=O) groups excluding carboxylic acids is 1. The lowest BCUT2D eigenvalue weighted by atomic mass is 10.2. The first kappa shape index (κ1) is 13.6. The van der Waals surface area contributed by atoms with Crippen LogP contribution in [0.15, 0.2) is 11.6 Å². The molecule has 0 amide bonds. The lowest BCUT2D eigenvalue weighted by molar-refractivity contribution is -0.136. The van der Waals surface area contributed by atoms with Crippen LogP contribution in [0.4, 0.5) is 0 Å². The maximum absolute atomic E-state index is 11.1. The van der Waals surface area contributed by atoms with Crippen molar-refractivity contribution in [3.63, 3.8) is 0 Å². The zero-order valence-corrected chi connectivity index (χ0v) is 10.9. The van der Waals surface area contributed by atoms with Gasteiger partial charge in [0.25, 0.3) is 0 Å². The van der Waals surface area contributed by atoms with Gasteiger partial charge in [-0.2, -0.15) is 11.8 Å². The van der Waals surface area contributed by atoms with Gasteiger partial charge in [-0.3, -0.25) is 0 Å². The topological polar surface area (TPSA) is 38.3 Å². The number of methoxy groups -OCH3 is 1. The van der Waals surface area contributed by atoms with Crippen molar-refractivity contribution in [3.05, 3.63) is 11.6 Å². The first-order valence-corrected chi connectivity index (χ1v) is 6.86. The molecule has 0 aromatic rings. The van der Waals surface area contributed by atoms with Crippen LogP contribution in [-0.4, -0.2) is 37.2 Å². The molecule has 0 aromatic carbocycles. The Bertz CT molecular complexity index is 247. The van der Waals surface area contributed by atoms with Crippen molar-refractivity contribution in [2.75, 3.05) is 26.0 Å². The van der Waals surface area contributed by atoms with Crippen LogP contribution in [-0.2, 0) is 9.53 Å². The van der Waals surface area contributed by atoms with Crippen LogP contribution in [0.5, 0.6) is 0 Å². The molecule has 1 saturated heterocycles. The van der Waals surface area contributed by atoms with Gasteiger partial charge in [-0.25, -0.2) is 4.79 Å². The van der Waals surface area contributed by atoms with Crippen LogP contribution < -0.4 is 5.32 Å². The highest BCUT2D eigenvalue weighted by atomic mass is 32.2. The molecule has 1 N–H and O–H groups in total. The Morgan fingerprint density at radius 2 is 2.38 bits per heavy atom. The Balaban J connectivity index is 2.12. The number of rotatable bonds is 5. The van der Waals surface area contributed by atoms with Gasteiger partial charge in [-0.1, -0.05) is 12.5 Å². The average molecular weight is 243 g/mol. The van der Waals surface area contributed by atoms with E-state index in [1.54, 1.807) is 6.92 Å². The summed E-state index contributed by atoms with van der Waals surface area (Å²) in [4.78, 5) is 11.1. The van der Waals surface area contributed by atoms with Gasteiger partial charge >= 0.3 is 5.97 Å². The van der Waals surface area contributed by atoms with Crippen LogP contribution in [0, 0.1) is 0 Å². The van der Waals surface area contributed by atoms with Gasteiger partial charge in [-0.15, -0.1) is 0 Å². The highest BCUT2D eigenvalue weighted by molar-refractivity contribution is 7.99. The molecule has 0 aliphatic carbocycles. The summed E-state index contributed by atoms with van der Waals surface area (Å²) in [5.41, 5.74) is 0.672. The summed E-state index contributed by atoms with van der Waals surface area (Å²) in [6, 6.07) is 0. The molecule has 3 nitrogen and oxygen atoms in total. The molecular weight excluding hydrogens is 222 g/mol. The van der Waals surface area contributed by atoms with Crippen LogP contribution >= 0.6 is 11.8 Å². The Hall–Kier alpha value is -0.480. The Morgan fingerprint density at radius 3 is 3.00 bits per heavy atom. The molecule has 16 heavy (non-hydrogen) atoms. The highest BCUT2D eigenvalue weighted by Crippen LogP contribution is 2.24. The van der Waals surface area contributed by atoms with E-state index in [0.29, 0.717) is 5.57 Å². The van der Waals surface area contributed by atoms with Gasteiger partial charge in [-0.05, 0) is 25.5 Å². The lowest BCUT2D eigenvalue weighted by Crippen LogP contribution is -2.27. The van der Waals surface area contributed by atoms with Crippen molar-refractivity contribution in [2.45, 2.75) is 31.4 Å². The monoisotopic (exact) mass is 243 g/mol. The Labute approximate surface area is 102 Å². The van der Waals surface area contributed by atoms with E-state index in [1.807, 2.05) is 6.08 Å². The van der Waals surface area contributed by atoms with E-state index in [0.717, 1.165) is 18.3 Å². The molecule has 0 radical (unpaired) electrons. The van der Waals surface area contributed by atoms with E-state index in [1.165, 1.54) is 32.1 Å². The smallest absolute Gasteiger partial charge is 0.333 e. The summed E-state index contributed by atoms with van der Waals surface area (Å²) in [5.74, 6) is 1.05. The molecule has 92 valence electrons. The van der Waals surface area contributed by atoms with E-state index >= 15 is 0 Å². The zero-order valence-electron chi connectivity index (χ0n) is 10.1. The summed E-state index contributed by atoms with van der Waals surface area (Å²) in [5, 5.41) is 4.11. The molecule has 1 aliphatic heterocycles. The number of carbonyl (C=O) groups is 1. The minimum absolute atomic E-state index is 0.242. The number of esters is 1. The largest absolute Gasteiger partial charge is 0.466 e. The Kier molecular flexibility index (Phi) is 6.57. The molecule has 1 unspecified atom stereocenters. The second kappa shape index (κ2) is 7.74. The minimum atomic E-state index is -0.242. The van der Waals surface area contributed by atoms with Gasteiger partial charge in [0, 0.05) is 23.9 Å². The standard InChI is InChI=1S/C12H21NO2S/c1-10(12(14)15-2)6-7-13-9-11-5-3-4-8-16-11/h6,11,13H,3-5,7-9H2,1-2H3. The SMILES string of the molecule is COC(=O)C(C)=CCNCC1CCCCS1. The van der Waals surface area contributed by atoms with Gasteiger partial charge in [0.15, 0.2) is 0 Å². The summed E-state index contributed by atoms with van der Waals surface area (Å²) >= 11 is 2.06. The third-order valence-corrected chi connectivity index (χ3v) is 4.10. The van der Waals surface area contributed by atoms with Gasteiger partial charge < -0.3 is 10.1 Å². The van der Waals surface area contributed by atoms with Crippen molar-refractivity contribution in [2.24, 2.45) is 0 Å². The maximum Gasteiger partial charge on any atom is 0.333 e. The van der Waals surface area contributed by atoms with Crippen LogP contribution in [0.3, 0.4) is 0 Å². The molecule has 0 spiro atoms. The number of ether oxygens (including phenoxy) is 1. The third-order valence-electron chi connectivity index (χ3n) is 2.71. The van der Waals surface area contributed by atoms with Crippen LogP contribution in [0.2, 0.25) is 0 Å². The van der Waals surface area contributed by atoms with Gasteiger partial charge in [0.1, 0.15) is 0 Å². The second-order valence-electron chi connectivity index (χ2n) is 4.03. The molecule has 1 atom stereocenters. The van der Waals surface area contributed by atoms with Crippen LogP contribution in [0.25, 0.3) is 0 Å². The molecule has 1 heterocycles. The molecule has 0 saturated carbocycles. The number of nitrogens with one attached hydrogen (secondary N) is 1. The fourth-order valence-electron chi connectivity index (χ4n) is 1.68. The molecule has 4 heteroatoms. The maximum atomic E-state index is 11.1. The molecular formula is C12H21NO2S. The molecule has 1 fully saturated rings. The third kappa shape index (κ3) is 5.03. The van der Waals surface area contributed by atoms with Gasteiger partial charge in [0.2, 0.25) is 0 Å². The van der Waals surface area contributed by atoms with Crippen molar-refractivity contribution in [3.8, 4) is 0 Å². The quantitative estimate of drug-likeness (QED) is 0.455. The van der Waals surface area contributed by atoms with Crippen molar-refractivity contribution < 1.29 is 9.53 Å². The first-order chi connectivity index (χ1) is 7.74. The predicted molar refractivity (Wildman–Crippen MR) is 68.7 cm³/mol. The van der Waals surface area contributed by atoms with Crippen LogP contribution in [0.1, 0.15) is 26.2 Å². The lowest BCUT2D eigenvalue weighted by Gasteiger charge is -2.21. The predicted octanol–water partition coefficient (Wildman–Crippen LogP) is 1.98. The number of hydrogen-bond donors (Lipinski definition) is 1. The second-order valence-corrected chi connectivity index (χ2v) is 5.43. The first-order valence-electron chi connectivity index (χ1n) is 5.81. The van der Waals surface area contributed by atoms with E-state index in [4.69, 9.17) is 0 Å². The van der Waals surface area contributed by atoms with E-state index in [-0.39, 0.29) is 5.97 Å².